The lowest BCUT2D eigenvalue weighted by Crippen LogP contribution is -2.24. The SMILES string of the molecule is COc1ccc(C#CC(c2cc(Cl)ccc2O)N2CCCC2)cc1. The van der Waals surface area contributed by atoms with Gasteiger partial charge in [-0.1, -0.05) is 23.4 Å². The Kier molecular flexibility index (Phi) is 5.30. The fourth-order valence-corrected chi connectivity index (χ4v) is 3.12. The lowest BCUT2D eigenvalue weighted by atomic mass is 10.0. The largest absolute Gasteiger partial charge is 0.508 e. The van der Waals surface area contributed by atoms with Crippen LogP contribution in [0.25, 0.3) is 0 Å². The smallest absolute Gasteiger partial charge is 0.121 e. The summed E-state index contributed by atoms with van der Waals surface area (Å²) in [5, 5.41) is 10.9. The highest BCUT2D eigenvalue weighted by Gasteiger charge is 2.24. The summed E-state index contributed by atoms with van der Waals surface area (Å²) in [5.74, 6) is 7.58. The molecule has 3 nitrogen and oxygen atoms in total. The summed E-state index contributed by atoms with van der Waals surface area (Å²) in [4.78, 5) is 2.29. The Bertz CT molecular complexity index is 755. The van der Waals surface area contributed by atoms with Gasteiger partial charge in [0.15, 0.2) is 0 Å². The molecule has 0 bridgehead atoms. The molecule has 2 aromatic carbocycles. The molecule has 0 aliphatic carbocycles. The van der Waals surface area contributed by atoms with Crippen LogP contribution in [0.4, 0.5) is 0 Å². The van der Waals surface area contributed by atoms with Crippen LogP contribution in [0.15, 0.2) is 42.5 Å². The van der Waals surface area contributed by atoms with Crippen LogP contribution in [0, 0.1) is 11.8 Å². The van der Waals surface area contributed by atoms with Crippen LogP contribution in [0.1, 0.15) is 30.0 Å². The Balaban J connectivity index is 1.93. The van der Waals surface area contributed by atoms with Crippen molar-refractivity contribution < 1.29 is 9.84 Å². The molecule has 1 aliphatic heterocycles. The van der Waals surface area contributed by atoms with Crippen molar-refractivity contribution in [1.82, 2.24) is 4.90 Å². The fraction of sp³-hybridized carbons (Fsp3) is 0.300. The van der Waals surface area contributed by atoms with E-state index < -0.39 is 0 Å². The van der Waals surface area contributed by atoms with Gasteiger partial charge in [-0.25, -0.2) is 0 Å². The molecule has 1 fully saturated rings. The molecule has 1 N–H and O–H groups in total. The molecular weight excluding hydrogens is 322 g/mol. The summed E-state index contributed by atoms with van der Waals surface area (Å²) in [6, 6.07) is 12.6. The lowest BCUT2D eigenvalue weighted by Gasteiger charge is -2.24. The Morgan fingerprint density at radius 3 is 2.50 bits per heavy atom. The molecule has 24 heavy (non-hydrogen) atoms. The van der Waals surface area contributed by atoms with Crippen molar-refractivity contribution in [2.75, 3.05) is 20.2 Å². The van der Waals surface area contributed by atoms with E-state index in [1.54, 1.807) is 19.2 Å². The first-order valence-corrected chi connectivity index (χ1v) is 8.43. The number of hydrogen-bond donors (Lipinski definition) is 1. The number of ether oxygens (including phenoxy) is 1. The number of halogens is 1. The maximum absolute atomic E-state index is 10.3. The first-order valence-electron chi connectivity index (χ1n) is 8.05. The molecule has 4 heteroatoms. The van der Waals surface area contributed by atoms with Crippen molar-refractivity contribution in [3.8, 4) is 23.3 Å². The topological polar surface area (TPSA) is 32.7 Å². The number of hydrogen-bond acceptors (Lipinski definition) is 3. The molecule has 2 aromatic rings. The average molecular weight is 342 g/mol. The molecule has 1 atom stereocenters. The zero-order chi connectivity index (χ0) is 16.9. The van der Waals surface area contributed by atoms with Gasteiger partial charge < -0.3 is 9.84 Å². The summed E-state index contributed by atoms with van der Waals surface area (Å²) in [6.45, 7) is 1.96. The van der Waals surface area contributed by atoms with Crippen LogP contribution in [-0.4, -0.2) is 30.2 Å². The van der Waals surface area contributed by atoms with Crippen molar-refractivity contribution in [3.05, 3.63) is 58.6 Å². The highest BCUT2D eigenvalue weighted by molar-refractivity contribution is 6.30. The van der Waals surface area contributed by atoms with E-state index in [4.69, 9.17) is 16.3 Å². The molecule has 0 amide bonds. The van der Waals surface area contributed by atoms with Gasteiger partial charge in [-0.2, -0.15) is 0 Å². The second kappa shape index (κ2) is 7.61. The Morgan fingerprint density at radius 1 is 1.12 bits per heavy atom. The van der Waals surface area contributed by atoms with Crippen molar-refractivity contribution in [2.24, 2.45) is 0 Å². The predicted molar refractivity (Wildman–Crippen MR) is 96.5 cm³/mol. The highest BCUT2D eigenvalue weighted by atomic mass is 35.5. The number of rotatable bonds is 3. The van der Waals surface area contributed by atoms with E-state index in [2.05, 4.69) is 16.7 Å². The maximum atomic E-state index is 10.3. The van der Waals surface area contributed by atoms with Gasteiger partial charge in [0.25, 0.3) is 0 Å². The summed E-state index contributed by atoms with van der Waals surface area (Å²) in [7, 11) is 1.64. The molecule has 0 saturated carbocycles. The zero-order valence-electron chi connectivity index (χ0n) is 13.6. The second-order valence-corrected chi connectivity index (χ2v) is 6.28. The van der Waals surface area contributed by atoms with Gasteiger partial charge in [-0.3, -0.25) is 4.90 Å². The van der Waals surface area contributed by atoms with Gasteiger partial charge in [-0.05, 0) is 68.4 Å². The van der Waals surface area contributed by atoms with Crippen LogP contribution in [0.2, 0.25) is 5.02 Å². The number of phenolic OH excluding ortho intramolecular Hbond substituents is 1. The molecule has 0 spiro atoms. The molecular formula is C20H20ClNO2. The van der Waals surface area contributed by atoms with Crippen LogP contribution in [0.5, 0.6) is 11.5 Å². The van der Waals surface area contributed by atoms with Crippen molar-refractivity contribution >= 4 is 11.6 Å². The van der Waals surface area contributed by atoms with Crippen molar-refractivity contribution in [2.45, 2.75) is 18.9 Å². The van der Waals surface area contributed by atoms with Gasteiger partial charge in [0.05, 0.1) is 7.11 Å². The van der Waals surface area contributed by atoms with E-state index in [1.807, 2.05) is 30.3 Å². The van der Waals surface area contributed by atoms with Crippen molar-refractivity contribution in [1.29, 1.82) is 0 Å². The second-order valence-electron chi connectivity index (χ2n) is 5.85. The van der Waals surface area contributed by atoms with E-state index in [0.29, 0.717) is 5.02 Å². The van der Waals surface area contributed by atoms with Gasteiger partial charge in [0.2, 0.25) is 0 Å². The van der Waals surface area contributed by atoms with Gasteiger partial charge in [-0.15, -0.1) is 0 Å². The third kappa shape index (κ3) is 3.84. The predicted octanol–water partition coefficient (Wildman–Crippen LogP) is 4.24. The third-order valence-corrected chi connectivity index (χ3v) is 4.47. The molecule has 3 rings (SSSR count). The third-order valence-electron chi connectivity index (χ3n) is 4.23. The standard InChI is InChI=1S/C20H20ClNO2/c1-24-17-8-4-15(5-9-17)6-10-19(22-12-2-3-13-22)18-14-16(21)7-11-20(18)23/h4-5,7-9,11,14,19,23H,2-3,12-13H2,1H3. The molecule has 1 unspecified atom stereocenters. The number of nitrogens with zero attached hydrogens (tertiary/aromatic N) is 1. The molecule has 0 radical (unpaired) electrons. The molecule has 0 aromatic heterocycles. The minimum Gasteiger partial charge on any atom is -0.508 e. The number of methoxy groups -OCH3 is 1. The monoisotopic (exact) mass is 341 g/mol. The first kappa shape index (κ1) is 16.7. The number of likely N-dealkylation sites (tertiary alicyclic amines) is 1. The minimum atomic E-state index is -0.159. The van der Waals surface area contributed by atoms with Gasteiger partial charge >= 0.3 is 0 Å². The maximum Gasteiger partial charge on any atom is 0.121 e. The number of aromatic hydroxyl groups is 1. The number of benzene rings is 2. The average Bonchev–Trinajstić information content (AvgIpc) is 3.13. The first-order chi connectivity index (χ1) is 11.7. The molecule has 1 saturated heterocycles. The number of phenols is 1. The molecule has 124 valence electrons. The highest BCUT2D eigenvalue weighted by Crippen LogP contribution is 2.32. The summed E-state index contributed by atoms with van der Waals surface area (Å²) < 4.78 is 5.17. The van der Waals surface area contributed by atoms with E-state index in [-0.39, 0.29) is 11.8 Å². The Labute approximate surface area is 147 Å². The summed E-state index contributed by atoms with van der Waals surface area (Å²) in [6.07, 6.45) is 2.31. The van der Waals surface area contributed by atoms with Crippen LogP contribution < -0.4 is 4.74 Å². The van der Waals surface area contributed by atoms with Crippen LogP contribution in [0.3, 0.4) is 0 Å². The zero-order valence-corrected chi connectivity index (χ0v) is 14.4. The Morgan fingerprint density at radius 2 is 1.83 bits per heavy atom. The van der Waals surface area contributed by atoms with Gasteiger partial charge in [0.1, 0.15) is 17.5 Å². The van der Waals surface area contributed by atoms with Crippen LogP contribution >= 0.6 is 11.6 Å². The summed E-state index contributed by atoms with van der Waals surface area (Å²) >= 11 is 6.13. The van der Waals surface area contributed by atoms with Gasteiger partial charge in [0, 0.05) is 16.1 Å². The van der Waals surface area contributed by atoms with E-state index in [9.17, 15) is 5.11 Å². The van der Waals surface area contributed by atoms with E-state index in [1.165, 1.54) is 0 Å². The Hall–Kier alpha value is -2.15. The summed E-state index contributed by atoms with van der Waals surface area (Å²) in [5.41, 5.74) is 1.69. The lowest BCUT2D eigenvalue weighted by molar-refractivity contribution is 0.290. The van der Waals surface area contributed by atoms with Crippen molar-refractivity contribution in [3.63, 3.8) is 0 Å². The molecule has 1 heterocycles. The van der Waals surface area contributed by atoms with E-state index >= 15 is 0 Å². The quantitative estimate of drug-likeness (QED) is 0.847. The van der Waals surface area contributed by atoms with Crippen LogP contribution in [-0.2, 0) is 0 Å². The van der Waals surface area contributed by atoms with E-state index in [0.717, 1.165) is 42.8 Å². The normalized spacial score (nSPS) is 15.6. The minimum absolute atomic E-state index is 0.159. The molecule has 1 aliphatic rings. The fourth-order valence-electron chi connectivity index (χ4n) is 2.94.